The van der Waals surface area contributed by atoms with Gasteiger partial charge in [-0.2, -0.15) is 0 Å². The number of halogens is 1. The normalized spacial score (nSPS) is 15.2. The van der Waals surface area contributed by atoms with E-state index in [2.05, 4.69) is 0 Å². The van der Waals surface area contributed by atoms with Crippen molar-refractivity contribution in [3.63, 3.8) is 0 Å². The fourth-order valence-corrected chi connectivity index (χ4v) is 3.28. The van der Waals surface area contributed by atoms with Gasteiger partial charge in [0.05, 0.1) is 24.9 Å². The molecule has 0 unspecified atom stereocenters. The van der Waals surface area contributed by atoms with Gasteiger partial charge in [-0.3, -0.25) is 9.69 Å². The summed E-state index contributed by atoms with van der Waals surface area (Å²) in [7, 11) is 1.43. The molecule has 1 N–H and O–H groups in total. The Morgan fingerprint density at radius 1 is 1.21 bits per heavy atom. The van der Waals surface area contributed by atoms with E-state index in [-0.39, 0.29) is 29.3 Å². The van der Waals surface area contributed by atoms with E-state index in [9.17, 15) is 14.7 Å². The monoisotopic (exact) mass is 413 g/mol. The van der Waals surface area contributed by atoms with Gasteiger partial charge in [0.1, 0.15) is 0 Å². The molecule has 0 fully saturated rings. The zero-order valence-corrected chi connectivity index (χ0v) is 17.0. The summed E-state index contributed by atoms with van der Waals surface area (Å²) in [6.45, 7) is 3.53. The number of ether oxygens (including phenoxy) is 2. The van der Waals surface area contributed by atoms with Crippen LogP contribution in [0.25, 0.3) is 6.08 Å². The fraction of sp³-hybridized carbons (Fsp3) is 0.182. The zero-order chi connectivity index (χ0) is 21.1. The highest BCUT2D eigenvalue weighted by Crippen LogP contribution is 2.38. The first kappa shape index (κ1) is 20.5. The second-order valence-corrected chi connectivity index (χ2v) is 6.69. The van der Waals surface area contributed by atoms with Gasteiger partial charge in [0, 0.05) is 22.0 Å². The van der Waals surface area contributed by atoms with Crippen LogP contribution in [0.3, 0.4) is 0 Å². The minimum atomic E-state index is -0.608. The van der Waals surface area contributed by atoms with Crippen molar-refractivity contribution in [3.8, 4) is 11.5 Å². The minimum absolute atomic E-state index is 0.124. The maximum absolute atomic E-state index is 13.3. The van der Waals surface area contributed by atoms with E-state index in [1.54, 1.807) is 56.3 Å². The van der Waals surface area contributed by atoms with E-state index < -0.39 is 11.9 Å². The van der Waals surface area contributed by atoms with Gasteiger partial charge in [-0.05, 0) is 50.3 Å². The number of rotatable bonds is 5. The van der Waals surface area contributed by atoms with Gasteiger partial charge in [-0.25, -0.2) is 4.79 Å². The Kier molecular flexibility index (Phi) is 5.94. The van der Waals surface area contributed by atoms with Crippen molar-refractivity contribution in [2.75, 3.05) is 18.6 Å². The smallest absolute Gasteiger partial charge is 0.340 e. The molecule has 0 spiro atoms. The molecule has 6 nitrogen and oxygen atoms in total. The number of hydrogen-bond donors (Lipinski definition) is 1. The lowest BCUT2D eigenvalue weighted by atomic mass is 10.0. The highest BCUT2D eigenvalue weighted by atomic mass is 35.5. The Balaban J connectivity index is 2.16. The molecule has 29 heavy (non-hydrogen) atoms. The Morgan fingerprint density at radius 3 is 2.52 bits per heavy atom. The molecule has 1 aliphatic heterocycles. The van der Waals surface area contributed by atoms with Crippen LogP contribution >= 0.6 is 11.6 Å². The topological polar surface area (TPSA) is 76.1 Å². The maximum atomic E-state index is 13.3. The van der Waals surface area contributed by atoms with Gasteiger partial charge in [-0.1, -0.05) is 23.7 Å². The van der Waals surface area contributed by atoms with Gasteiger partial charge in [0.2, 0.25) is 0 Å². The molecular weight excluding hydrogens is 394 g/mol. The van der Waals surface area contributed by atoms with Crippen molar-refractivity contribution in [3.05, 3.63) is 69.9 Å². The molecule has 0 aliphatic carbocycles. The lowest BCUT2D eigenvalue weighted by Crippen LogP contribution is -2.24. The van der Waals surface area contributed by atoms with Crippen molar-refractivity contribution in [1.29, 1.82) is 0 Å². The number of aromatic hydroxyl groups is 1. The largest absolute Gasteiger partial charge is 0.504 e. The van der Waals surface area contributed by atoms with Gasteiger partial charge in [0.25, 0.3) is 5.91 Å². The van der Waals surface area contributed by atoms with Crippen LogP contribution in [0.2, 0.25) is 5.02 Å². The third-order valence-corrected chi connectivity index (χ3v) is 4.77. The Morgan fingerprint density at radius 2 is 1.90 bits per heavy atom. The molecule has 3 rings (SSSR count). The van der Waals surface area contributed by atoms with Crippen molar-refractivity contribution < 1.29 is 24.2 Å². The summed E-state index contributed by atoms with van der Waals surface area (Å²) in [4.78, 5) is 27.3. The third-order valence-electron chi connectivity index (χ3n) is 4.51. The number of amides is 1. The van der Waals surface area contributed by atoms with Crippen molar-refractivity contribution in [1.82, 2.24) is 0 Å². The van der Waals surface area contributed by atoms with Crippen molar-refractivity contribution >= 4 is 35.2 Å². The number of nitrogens with zero attached hydrogens (tertiary/aromatic N) is 1. The van der Waals surface area contributed by atoms with Crippen LogP contribution < -0.4 is 9.64 Å². The van der Waals surface area contributed by atoms with Crippen LogP contribution in [0.15, 0.2) is 59.3 Å². The number of methoxy groups -OCH3 is 1. The molecule has 2 aromatic carbocycles. The number of esters is 1. The van der Waals surface area contributed by atoms with Gasteiger partial charge < -0.3 is 14.6 Å². The minimum Gasteiger partial charge on any atom is -0.504 e. The van der Waals surface area contributed by atoms with E-state index in [1.807, 2.05) is 0 Å². The van der Waals surface area contributed by atoms with Crippen LogP contribution in [-0.4, -0.2) is 30.7 Å². The lowest BCUT2D eigenvalue weighted by molar-refractivity contribution is -0.138. The molecule has 1 aliphatic rings. The number of allylic oxidation sites excluding steroid dienone is 1. The number of carbonyl (C=O) groups is 2. The second kappa shape index (κ2) is 8.41. The van der Waals surface area contributed by atoms with E-state index in [0.717, 1.165) is 0 Å². The molecule has 0 aromatic heterocycles. The molecule has 7 heteroatoms. The van der Waals surface area contributed by atoms with Crippen LogP contribution in [-0.2, 0) is 14.3 Å². The lowest BCUT2D eigenvalue weighted by Gasteiger charge is -2.18. The SMILES string of the molecule is CCOC(=O)C1=C(C)N(c2ccc(Cl)cc2)C(=O)/C1=C\c1cccc(OC)c1O. The summed E-state index contributed by atoms with van der Waals surface area (Å²) in [6, 6.07) is 11.6. The quantitative estimate of drug-likeness (QED) is 0.583. The Bertz CT molecular complexity index is 1020. The number of phenols is 1. The first-order valence-corrected chi connectivity index (χ1v) is 9.32. The van der Waals surface area contributed by atoms with Gasteiger partial charge in [-0.15, -0.1) is 0 Å². The summed E-state index contributed by atoms with van der Waals surface area (Å²) in [6.07, 6.45) is 1.46. The van der Waals surface area contributed by atoms with Crippen LogP contribution in [0.5, 0.6) is 11.5 Å². The van der Waals surface area contributed by atoms with E-state index >= 15 is 0 Å². The predicted octanol–water partition coefficient (Wildman–Crippen LogP) is 4.32. The number of benzene rings is 2. The van der Waals surface area contributed by atoms with E-state index in [1.165, 1.54) is 18.1 Å². The summed E-state index contributed by atoms with van der Waals surface area (Å²) in [5, 5.41) is 10.9. The number of phenolic OH excluding ortho intramolecular Hbond substituents is 1. The molecular formula is C22H20ClNO5. The fourth-order valence-electron chi connectivity index (χ4n) is 3.16. The van der Waals surface area contributed by atoms with Crippen LogP contribution in [0.4, 0.5) is 5.69 Å². The molecule has 0 radical (unpaired) electrons. The zero-order valence-electron chi connectivity index (χ0n) is 16.2. The van der Waals surface area contributed by atoms with Crippen molar-refractivity contribution in [2.24, 2.45) is 0 Å². The molecule has 0 saturated heterocycles. The summed E-state index contributed by atoms with van der Waals surface area (Å²) in [5.74, 6) is -0.877. The Hall–Kier alpha value is -3.25. The van der Waals surface area contributed by atoms with Crippen LogP contribution in [0.1, 0.15) is 19.4 Å². The molecule has 0 bridgehead atoms. The van der Waals surface area contributed by atoms with E-state index in [4.69, 9.17) is 21.1 Å². The summed E-state index contributed by atoms with van der Waals surface area (Å²) >= 11 is 5.95. The highest BCUT2D eigenvalue weighted by molar-refractivity contribution is 6.30. The number of anilines is 1. The first-order chi connectivity index (χ1) is 13.9. The average Bonchev–Trinajstić information content (AvgIpc) is 2.94. The van der Waals surface area contributed by atoms with Crippen LogP contribution in [0, 0.1) is 0 Å². The molecule has 1 heterocycles. The third kappa shape index (κ3) is 3.84. The maximum Gasteiger partial charge on any atom is 0.340 e. The molecule has 2 aromatic rings. The summed E-state index contributed by atoms with van der Waals surface area (Å²) < 4.78 is 10.3. The van der Waals surface area contributed by atoms with Gasteiger partial charge in [0.15, 0.2) is 11.5 Å². The second-order valence-electron chi connectivity index (χ2n) is 6.25. The number of para-hydroxylation sites is 1. The number of carbonyl (C=O) groups excluding carboxylic acids is 2. The predicted molar refractivity (Wildman–Crippen MR) is 111 cm³/mol. The first-order valence-electron chi connectivity index (χ1n) is 8.95. The average molecular weight is 414 g/mol. The van der Waals surface area contributed by atoms with Gasteiger partial charge >= 0.3 is 5.97 Å². The molecule has 1 amide bonds. The molecule has 150 valence electrons. The van der Waals surface area contributed by atoms with Crippen molar-refractivity contribution in [2.45, 2.75) is 13.8 Å². The Labute approximate surface area is 173 Å². The highest BCUT2D eigenvalue weighted by Gasteiger charge is 2.38. The standard InChI is InChI=1S/C22H20ClNO5/c1-4-29-22(27)19-13(2)24(16-10-8-15(23)9-11-16)21(26)17(19)12-14-6-5-7-18(28-3)20(14)25/h5-12,25H,4H2,1-3H3/b17-12-. The molecule has 0 atom stereocenters. The summed E-state index contributed by atoms with van der Waals surface area (Å²) in [5.41, 5.74) is 1.62. The van der Waals surface area contributed by atoms with E-state index in [0.29, 0.717) is 22.0 Å². The molecule has 0 saturated carbocycles. The number of hydrogen-bond acceptors (Lipinski definition) is 5.